The van der Waals surface area contributed by atoms with Crippen LogP contribution in [0.5, 0.6) is 0 Å². The van der Waals surface area contributed by atoms with Gasteiger partial charge in [0.05, 0.1) is 11.5 Å². The molecule has 2 aliphatic rings. The predicted octanol–water partition coefficient (Wildman–Crippen LogP) is -0.0831. The lowest BCUT2D eigenvalue weighted by molar-refractivity contribution is -0.123. The van der Waals surface area contributed by atoms with Gasteiger partial charge in [-0.2, -0.15) is 5.10 Å². The number of nitrogens with zero attached hydrogens (tertiary/aromatic N) is 4. The van der Waals surface area contributed by atoms with E-state index in [1.54, 1.807) is 11.0 Å². The zero-order valence-electron chi connectivity index (χ0n) is 15.9. The molecule has 2 N–H and O–H groups in total. The van der Waals surface area contributed by atoms with Crippen molar-refractivity contribution >= 4 is 22.2 Å². The van der Waals surface area contributed by atoms with E-state index in [1.807, 2.05) is 0 Å². The molecule has 3 heterocycles. The normalized spacial score (nSPS) is 20.7. The minimum Gasteiger partial charge on any atom is -0.483 e. The number of aromatic nitrogens is 3. The highest BCUT2D eigenvalue weighted by Gasteiger charge is 2.30. The molecule has 1 aromatic heterocycles. The van der Waals surface area contributed by atoms with Crippen molar-refractivity contribution in [2.24, 2.45) is 0 Å². The van der Waals surface area contributed by atoms with Gasteiger partial charge in [-0.15, -0.1) is 0 Å². The van der Waals surface area contributed by atoms with E-state index in [4.69, 9.17) is 9.90 Å². The summed E-state index contributed by atoms with van der Waals surface area (Å²) in [5.41, 5.74) is 0. The molecule has 2 aliphatic heterocycles. The number of carbonyl (C=O) groups excluding carboxylic acids is 1. The van der Waals surface area contributed by atoms with Crippen molar-refractivity contribution in [3.63, 3.8) is 0 Å². The number of hydrogen-bond acceptors (Lipinski definition) is 7. The Hall–Kier alpha value is -2.01. The van der Waals surface area contributed by atoms with Gasteiger partial charge in [0.15, 0.2) is 0 Å². The molecular formula is C17H29N5O5S. The molecule has 0 bridgehead atoms. The summed E-state index contributed by atoms with van der Waals surface area (Å²) in [4.78, 5) is 26.7. The van der Waals surface area contributed by atoms with E-state index in [0.717, 1.165) is 45.2 Å². The molecule has 1 amide bonds. The molecule has 0 unspecified atom stereocenters. The van der Waals surface area contributed by atoms with Crippen LogP contribution in [-0.4, -0.2) is 82.2 Å². The topological polar surface area (TPSA) is 134 Å². The standard InChI is InChI=1S/C16H27N5O3S.CH2O2/c22-16(2-1-7-21-13-17-12-18-21)19-14-3-8-20(9-4-14)15-5-10-25(23,24)11-6-15;2-1-3/h12-15H,1-11H2,(H,19,22);1H,(H,2,3). The zero-order chi connectivity index (χ0) is 20.4. The van der Waals surface area contributed by atoms with Crippen molar-refractivity contribution < 1.29 is 23.1 Å². The lowest BCUT2D eigenvalue weighted by Gasteiger charge is -2.39. The first kappa shape index (κ1) is 22.3. The van der Waals surface area contributed by atoms with E-state index in [9.17, 15) is 13.2 Å². The minimum absolute atomic E-state index is 0.0994. The third-order valence-corrected chi connectivity index (χ3v) is 6.91. The van der Waals surface area contributed by atoms with E-state index >= 15 is 0 Å². The number of piperidine rings is 1. The maximum Gasteiger partial charge on any atom is 0.290 e. The highest BCUT2D eigenvalue weighted by molar-refractivity contribution is 7.91. The molecule has 2 saturated heterocycles. The van der Waals surface area contributed by atoms with Crippen LogP contribution in [0.2, 0.25) is 0 Å². The number of carboxylic acid groups (broad SMARTS) is 1. The van der Waals surface area contributed by atoms with Crippen LogP contribution < -0.4 is 5.32 Å². The second kappa shape index (κ2) is 11.1. The molecule has 0 spiro atoms. The number of carbonyl (C=O) groups is 2. The van der Waals surface area contributed by atoms with E-state index < -0.39 is 9.84 Å². The van der Waals surface area contributed by atoms with Crippen molar-refractivity contribution in [1.82, 2.24) is 25.0 Å². The molecule has 0 aliphatic carbocycles. The Balaban J connectivity index is 0.000000878. The Morgan fingerprint density at radius 3 is 2.43 bits per heavy atom. The van der Waals surface area contributed by atoms with Crippen LogP contribution in [0, 0.1) is 0 Å². The fourth-order valence-electron chi connectivity index (χ4n) is 3.70. The average molecular weight is 416 g/mol. The first-order chi connectivity index (χ1) is 13.4. The summed E-state index contributed by atoms with van der Waals surface area (Å²) in [6.45, 7) is 2.33. The Morgan fingerprint density at radius 2 is 1.86 bits per heavy atom. The molecule has 0 aromatic carbocycles. The van der Waals surface area contributed by atoms with Gasteiger partial charge in [0, 0.05) is 38.1 Å². The van der Waals surface area contributed by atoms with Crippen LogP contribution in [0.15, 0.2) is 12.7 Å². The lowest BCUT2D eigenvalue weighted by Crippen LogP contribution is -2.49. The third kappa shape index (κ3) is 7.55. The van der Waals surface area contributed by atoms with Crippen molar-refractivity contribution in [2.75, 3.05) is 24.6 Å². The van der Waals surface area contributed by atoms with Gasteiger partial charge in [0.25, 0.3) is 6.47 Å². The fourth-order valence-corrected chi connectivity index (χ4v) is 5.17. The summed E-state index contributed by atoms with van der Waals surface area (Å²) < 4.78 is 24.8. The molecular weight excluding hydrogens is 386 g/mol. The van der Waals surface area contributed by atoms with Gasteiger partial charge in [0.2, 0.25) is 5.91 Å². The van der Waals surface area contributed by atoms with Gasteiger partial charge in [-0.1, -0.05) is 0 Å². The highest BCUT2D eigenvalue weighted by atomic mass is 32.2. The second-order valence-electron chi connectivity index (χ2n) is 7.13. The highest BCUT2D eigenvalue weighted by Crippen LogP contribution is 2.22. The van der Waals surface area contributed by atoms with E-state index in [2.05, 4.69) is 20.3 Å². The number of sulfone groups is 1. The van der Waals surface area contributed by atoms with Crippen molar-refractivity contribution in [2.45, 2.75) is 57.2 Å². The average Bonchev–Trinajstić information content (AvgIpc) is 3.17. The molecule has 2 fully saturated rings. The minimum atomic E-state index is -2.80. The SMILES string of the molecule is O=C(CCCn1cncn1)NC1CCN(C2CCS(=O)(=O)CC2)CC1.O=CO. The maximum absolute atomic E-state index is 12.1. The summed E-state index contributed by atoms with van der Waals surface area (Å²) in [5, 5.41) is 14.0. The third-order valence-electron chi connectivity index (χ3n) is 5.19. The Labute approximate surface area is 165 Å². The molecule has 11 heteroatoms. The Morgan fingerprint density at radius 1 is 1.21 bits per heavy atom. The largest absolute Gasteiger partial charge is 0.483 e. The molecule has 158 valence electrons. The number of likely N-dealkylation sites (tertiary alicyclic amines) is 1. The molecule has 1 aromatic rings. The molecule has 28 heavy (non-hydrogen) atoms. The van der Waals surface area contributed by atoms with Crippen molar-refractivity contribution in [1.29, 1.82) is 0 Å². The molecule has 0 atom stereocenters. The molecule has 10 nitrogen and oxygen atoms in total. The molecule has 3 rings (SSSR count). The monoisotopic (exact) mass is 415 g/mol. The van der Waals surface area contributed by atoms with Gasteiger partial charge in [-0.3, -0.25) is 14.3 Å². The number of nitrogens with one attached hydrogen (secondary N) is 1. The van der Waals surface area contributed by atoms with Gasteiger partial charge in [0.1, 0.15) is 22.5 Å². The smallest absolute Gasteiger partial charge is 0.290 e. The quantitative estimate of drug-likeness (QED) is 0.616. The van der Waals surface area contributed by atoms with Crippen LogP contribution in [0.25, 0.3) is 0 Å². The summed E-state index contributed by atoms with van der Waals surface area (Å²) in [5.74, 6) is 0.738. The van der Waals surface area contributed by atoms with E-state index in [-0.39, 0.29) is 18.4 Å². The summed E-state index contributed by atoms with van der Waals surface area (Å²) in [7, 11) is -2.80. The number of rotatable bonds is 6. The number of aryl methyl sites for hydroxylation is 1. The summed E-state index contributed by atoms with van der Waals surface area (Å²) >= 11 is 0. The first-order valence-electron chi connectivity index (χ1n) is 9.57. The van der Waals surface area contributed by atoms with E-state index in [0.29, 0.717) is 30.5 Å². The van der Waals surface area contributed by atoms with E-state index in [1.165, 1.54) is 6.33 Å². The molecule has 0 saturated carbocycles. The number of hydrogen-bond donors (Lipinski definition) is 2. The summed E-state index contributed by atoms with van der Waals surface area (Å²) in [6, 6.07) is 0.630. The van der Waals surface area contributed by atoms with Crippen LogP contribution in [0.4, 0.5) is 0 Å². The fraction of sp³-hybridized carbons (Fsp3) is 0.765. The Bertz CT molecular complexity index is 688. The predicted molar refractivity (Wildman–Crippen MR) is 102 cm³/mol. The summed E-state index contributed by atoms with van der Waals surface area (Å²) in [6.07, 6.45) is 7.80. The zero-order valence-corrected chi connectivity index (χ0v) is 16.8. The van der Waals surface area contributed by atoms with Gasteiger partial charge in [-0.05, 0) is 32.1 Å². The van der Waals surface area contributed by atoms with Gasteiger partial charge < -0.3 is 15.3 Å². The van der Waals surface area contributed by atoms with Crippen LogP contribution >= 0.6 is 0 Å². The van der Waals surface area contributed by atoms with Crippen molar-refractivity contribution in [3.8, 4) is 0 Å². The first-order valence-corrected chi connectivity index (χ1v) is 11.4. The molecule has 0 radical (unpaired) electrons. The van der Waals surface area contributed by atoms with Gasteiger partial charge >= 0.3 is 0 Å². The van der Waals surface area contributed by atoms with Crippen molar-refractivity contribution in [3.05, 3.63) is 12.7 Å². The Kier molecular flexibility index (Phi) is 8.84. The van der Waals surface area contributed by atoms with Crippen LogP contribution in [0.1, 0.15) is 38.5 Å². The lowest BCUT2D eigenvalue weighted by atomic mass is 10.0. The van der Waals surface area contributed by atoms with Gasteiger partial charge in [-0.25, -0.2) is 13.4 Å². The van der Waals surface area contributed by atoms with Crippen LogP contribution in [-0.2, 0) is 26.0 Å². The number of amides is 1. The maximum atomic E-state index is 12.1. The second-order valence-corrected chi connectivity index (χ2v) is 9.43. The van der Waals surface area contributed by atoms with Crippen LogP contribution in [0.3, 0.4) is 0 Å².